The van der Waals surface area contributed by atoms with Crippen LogP contribution in [0, 0.1) is 22.7 Å². The predicted octanol–water partition coefficient (Wildman–Crippen LogP) is 5.81. The van der Waals surface area contributed by atoms with Crippen molar-refractivity contribution in [3.63, 3.8) is 0 Å². The number of nitrogens with one attached hydrogen (secondary N) is 1. The number of hydrogen-bond acceptors (Lipinski definition) is 4. The molecule has 1 amide bonds. The first-order valence-electron chi connectivity index (χ1n) is 9.98. The van der Waals surface area contributed by atoms with Crippen molar-refractivity contribution in [1.29, 1.82) is 5.26 Å². The van der Waals surface area contributed by atoms with Crippen LogP contribution in [0.15, 0.2) is 24.3 Å². The lowest BCUT2D eigenvalue weighted by atomic mass is 9.69. The molecule has 1 unspecified atom stereocenters. The van der Waals surface area contributed by atoms with Gasteiger partial charge in [-0.3, -0.25) is 4.79 Å². The zero-order chi connectivity index (χ0) is 20.3. The van der Waals surface area contributed by atoms with Crippen molar-refractivity contribution in [3.8, 4) is 11.8 Å². The Morgan fingerprint density at radius 3 is 2.64 bits per heavy atom. The molecular weight excluding hydrogens is 368 g/mol. The van der Waals surface area contributed by atoms with Gasteiger partial charge in [0.05, 0.1) is 12.2 Å². The Morgan fingerprint density at radius 2 is 2.04 bits per heavy atom. The van der Waals surface area contributed by atoms with Gasteiger partial charge in [-0.1, -0.05) is 27.2 Å². The van der Waals surface area contributed by atoms with E-state index in [1.54, 1.807) is 35.6 Å². The molecule has 5 heteroatoms. The molecule has 3 rings (SSSR count). The molecule has 28 heavy (non-hydrogen) atoms. The molecule has 148 valence electrons. The minimum absolute atomic E-state index is 0.191. The maximum Gasteiger partial charge on any atom is 0.256 e. The second-order valence-corrected chi connectivity index (χ2v) is 9.12. The highest BCUT2D eigenvalue weighted by molar-refractivity contribution is 7.16. The van der Waals surface area contributed by atoms with Crippen molar-refractivity contribution in [2.75, 3.05) is 11.9 Å². The van der Waals surface area contributed by atoms with Crippen LogP contribution in [0.1, 0.15) is 66.9 Å². The van der Waals surface area contributed by atoms with Gasteiger partial charge in [0.1, 0.15) is 16.8 Å². The molecule has 1 aliphatic carbocycles. The quantitative estimate of drug-likeness (QED) is 0.670. The van der Waals surface area contributed by atoms with Crippen LogP contribution in [0.2, 0.25) is 0 Å². The lowest BCUT2D eigenvalue weighted by Gasteiger charge is -2.36. The Labute approximate surface area is 171 Å². The Balaban J connectivity index is 1.80. The highest BCUT2D eigenvalue weighted by atomic mass is 32.1. The average molecular weight is 397 g/mol. The van der Waals surface area contributed by atoms with E-state index in [2.05, 4.69) is 32.2 Å². The summed E-state index contributed by atoms with van der Waals surface area (Å²) >= 11 is 1.57. The molecule has 1 heterocycles. The molecule has 1 N–H and O–H groups in total. The van der Waals surface area contributed by atoms with Crippen LogP contribution in [-0.4, -0.2) is 12.5 Å². The first-order chi connectivity index (χ1) is 13.4. The number of hydrogen-bond donors (Lipinski definition) is 1. The number of amides is 1. The van der Waals surface area contributed by atoms with Crippen molar-refractivity contribution in [2.24, 2.45) is 11.3 Å². The normalized spacial score (nSPS) is 16.2. The average Bonchev–Trinajstić information content (AvgIpc) is 3.04. The number of nitrogens with zero attached hydrogens (tertiary/aromatic N) is 1. The van der Waals surface area contributed by atoms with Crippen LogP contribution in [0.25, 0.3) is 0 Å². The van der Waals surface area contributed by atoms with E-state index in [0.29, 0.717) is 34.1 Å². The Bertz CT molecular complexity index is 891. The second-order valence-electron chi connectivity index (χ2n) is 8.01. The Kier molecular flexibility index (Phi) is 6.10. The molecule has 4 nitrogen and oxygen atoms in total. The number of nitriles is 1. The first-order valence-corrected chi connectivity index (χ1v) is 10.8. The van der Waals surface area contributed by atoms with E-state index >= 15 is 0 Å². The highest BCUT2D eigenvalue weighted by Gasteiger charge is 2.34. The van der Waals surface area contributed by atoms with Gasteiger partial charge in [0, 0.05) is 10.4 Å². The van der Waals surface area contributed by atoms with Gasteiger partial charge < -0.3 is 10.1 Å². The van der Waals surface area contributed by atoms with Gasteiger partial charge in [-0.2, -0.15) is 5.26 Å². The van der Waals surface area contributed by atoms with E-state index in [1.165, 1.54) is 4.88 Å². The van der Waals surface area contributed by atoms with Crippen LogP contribution in [0.4, 0.5) is 5.00 Å². The summed E-state index contributed by atoms with van der Waals surface area (Å²) in [5.41, 5.74) is 2.63. The van der Waals surface area contributed by atoms with Gasteiger partial charge in [0.2, 0.25) is 0 Å². The smallest absolute Gasteiger partial charge is 0.256 e. The number of anilines is 1. The fourth-order valence-corrected chi connectivity index (χ4v) is 5.07. The first kappa shape index (κ1) is 20.4. The Hall–Kier alpha value is -2.32. The van der Waals surface area contributed by atoms with Gasteiger partial charge in [-0.15, -0.1) is 11.3 Å². The number of ether oxygens (including phenoxy) is 1. The molecule has 0 fully saturated rings. The van der Waals surface area contributed by atoms with Crippen LogP contribution >= 0.6 is 11.3 Å². The molecule has 1 aromatic heterocycles. The lowest BCUT2D eigenvalue weighted by Crippen LogP contribution is -2.28. The van der Waals surface area contributed by atoms with E-state index in [4.69, 9.17) is 4.74 Å². The number of thiophene rings is 1. The summed E-state index contributed by atoms with van der Waals surface area (Å²) in [6.07, 6.45) is 4.16. The number of carbonyl (C=O) groups is 1. The van der Waals surface area contributed by atoms with Gasteiger partial charge in [-0.25, -0.2) is 0 Å². The van der Waals surface area contributed by atoms with Crippen LogP contribution in [0.5, 0.6) is 5.75 Å². The topological polar surface area (TPSA) is 62.1 Å². The number of rotatable bonds is 6. The lowest BCUT2D eigenvalue weighted by molar-refractivity contribution is 0.102. The van der Waals surface area contributed by atoms with E-state index < -0.39 is 0 Å². The molecule has 0 saturated carbocycles. The molecule has 0 radical (unpaired) electrons. The van der Waals surface area contributed by atoms with Crippen LogP contribution in [0.3, 0.4) is 0 Å². The summed E-state index contributed by atoms with van der Waals surface area (Å²) in [5.74, 6) is 1.17. The van der Waals surface area contributed by atoms with E-state index in [1.807, 2.05) is 6.92 Å². The molecule has 2 aromatic rings. The van der Waals surface area contributed by atoms with Crippen molar-refractivity contribution in [3.05, 3.63) is 45.8 Å². The molecule has 1 atom stereocenters. The zero-order valence-electron chi connectivity index (χ0n) is 17.1. The summed E-state index contributed by atoms with van der Waals surface area (Å²) in [5, 5.41) is 13.4. The summed E-state index contributed by atoms with van der Waals surface area (Å²) in [7, 11) is 0. The van der Waals surface area contributed by atoms with Gasteiger partial charge in [-0.05, 0) is 67.3 Å². The molecule has 0 aliphatic heterocycles. The predicted molar refractivity (Wildman–Crippen MR) is 114 cm³/mol. The third-order valence-corrected chi connectivity index (χ3v) is 7.22. The Morgan fingerprint density at radius 1 is 1.32 bits per heavy atom. The molecule has 0 spiro atoms. The summed E-state index contributed by atoms with van der Waals surface area (Å²) in [6.45, 7) is 9.42. The third-order valence-electron chi connectivity index (χ3n) is 6.05. The second kappa shape index (κ2) is 8.36. The van der Waals surface area contributed by atoms with Crippen molar-refractivity contribution >= 4 is 22.2 Å². The maximum atomic E-state index is 12.7. The van der Waals surface area contributed by atoms with E-state index in [0.717, 1.165) is 37.0 Å². The fraction of sp³-hybridized carbons (Fsp3) is 0.478. The van der Waals surface area contributed by atoms with E-state index in [-0.39, 0.29) is 5.91 Å². The zero-order valence-corrected chi connectivity index (χ0v) is 17.9. The molecular formula is C23H28N2O2S. The molecule has 0 bridgehead atoms. The summed E-state index contributed by atoms with van der Waals surface area (Å²) in [6, 6.07) is 9.41. The molecule has 1 aromatic carbocycles. The maximum absolute atomic E-state index is 12.7. The summed E-state index contributed by atoms with van der Waals surface area (Å²) in [4.78, 5) is 13.9. The fourth-order valence-electron chi connectivity index (χ4n) is 3.79. The largest absolute Gasteiger partial charge is 0.494 e. The minimum atomic E-state index is -0.191. The molecule has 1 aliphatic rings. The van der Waals surface area contributed by atoms with Gasteiger partial charge in [0.15, 0.2) is 0 Å². The number of benzene rings is 1. The monoisotopic (exact) mass is 396 g/mol. The third kappa shape index (κ3) is 4.07. The molecule has 0 saturated heterocycles. The van der Waals surface area contributed by atoms with Gasteiger partial charge in [0.25, 0.3) is 5.91 Å². The summed E-state index contributed by atoms with van der Waals surface area (Å²) < 4.78 is 5.42. The SMILES string of the molecule is CCOc1ccc(C(=O)Nc2sc3c(c2C#N)CCC(C(C)(C)CC)C3)cc1. The standard InChI is InChI=1S/C23H28N2O2S/c1-5-23(3,4)16-9-12-18-19(14-24)22(28-20(18)13-16)25-21(26)15-7-10-17(11-8-15)27-6-2/h7-8,10-11,16H,5-6,9,12-13H2,1-4H3,(H,25,26). The van der Waals surface area contributed by atoms with Gasteiger partial charge >= 0.3 is 0 Å². The van der Waals surface area contributed by atoms with Crippen LogP contribution < -0.4 is 10.1 Å². The number of carbonyl (C=O) groups excluding carboxylic acids is 1. The van der Waals surface area contributed by atoms with Crippen molar-refractivity contribution in [1.82, 2.24) is 0 Å². The van der Waals surface area contributed by atoms with Crippen LogP contribution in [-0.2, 0) is 12.8 Å². The number of fused-ring (bicyclic) bond motifs is 1. The van der Waals surface area contributed by atoms with Crippen molar-refractivity contribution < 1.29 is 9.53 Å². The minimum Gasteiger partial charge on any atom is -0.494 e. The highest BCUT2D eigenvalue weighted by Crippen LogP contribution is 2.45. The van der Waals surface area contributed by atoms with E-state index in [9.17, 15) is 10.1 Å². The van der Waals surface area contributed by atoms with Crippen molar-refractivity contribution in [2.45, 2.75) is 53.4 Å².